The van der Waals surface area contributed by atoms with Gasteiger partial charge in [-0.25, -0.2) is 0 Å². The molecule has 134 valence electrons. The molecule has 0 bridgehead atoms. The maximum atomic E-state index is 11.7. The quantitative estimate of drug-likeness (QED) is 0.638. The summed E-state index contributed by atoms with van der Waals surface area (Å²) in [5.41, 5.74) is 4.22. The largest absolute Gasteiger partial charge is 0.481 e. The average molecular weight is 367 g/mol. The first kappa shape index (κ1) is 16.4. The van der Waals surface area contributed by atoms with E-state index in [0.717, 1.165) is 36.2 Å². The van der Waals surface area contributed by atoms with Crippen LogP contribution in [0.15, 0.2) is 53.4 Å². The van der Waals surface area contributed by atoms with Crippen LogP contribution in [0.5, 0.6) is 0 Å². The number of carbonyl (C=O) groups is 1. The lowest BCUT2D eigenvalue weighted by atomic mass is 9.82. The van der Waals surface area contributed by atoms with Gasteiger partial charge < -0.3 is 5.11 Å². The Morgan fingerprint density at radius 1 is 1.19 bits per heavy atom. The predicted octanol–water partition coefficient (Wildman–Crippen LogP) is 4.25. The summed E-state index contributed by atoms with van der Waals surface area (Å²) in [7, 11) is 0. The summed E-state index contributed by atoms with van der Waals surface area (Å²) in [6.45, 7) is 4.31. The number of likely N-dealkylation sites (N-methyl/N-ethyl adjacent to an activating group) is 1. The van der Waals surface area contributed by atoms with Crippen molar-refractivity contribution in [3.63, 3.8) is 0 Å². The van der Waals surface area contributed by atoms with Gasteiger partial charge in [-0.1, -0.05) is 42.5 Å². The summed E-state index contributed by atoms with van der Waals surface area (Å²) in [6, 6.07) is 18.1. The lowest BCUT2D eigenvalue weighted by Gasteiger charge is -2.30. The van der Waals surface area contributed by atoms with Gasteiger partial charge in [0.2, 0.25) is 5.54 Å². The Morgan fingerprint density at radius 2 is 1.92 bits per heavy atom. The highest BCUT2D eigenvalue weighted by molar-refractivity contribution is 7.98. The van der Waals surface area contributed by atoms with Gasteiger partial charge in [0.25, 0.3) is 0 Å². The number of hydrogen-bond acceptors (Lipinski definition) is 2. The molecule has 3 nitrogen and oxygen atoms in total. The number of fused-ring (bicyclic) bond motifs is 7. The third kappa shape index (κ3) is 1.87. The van der Waals surface area contributed by atoms with E-state index >= 15 is 0 Å². The van der Waals surface area contributed by atoms with Crippen molar-refractivity contribution < 1.29 is 14.4 Å². The zero-order valence-corrected chi connectivity index (χ0v) is 15.8. The summed E-state index contributed by atoms with van der Waals surface area (Å²) in [5, 5.41) is 9.65. The number of thioether (sulfide) groups is 1. The van der Waals surface area contributed by atoms with E-state index in [0.29, 0.717) is 6.04 Å². The Morgan fingerprint density at radius 3 is 2.69 bits per heavy atom. The molecular weight excluding hydrogens is 342 g/mol. The van der Waals surface area contributed by atoms with E-state index in [1.807, 2.05) is 11.8 Å². The van der Waals surface area contributed by atoms with Gasteiger partial charge in [-0.15, -0.1) is 11.8 Å². The molecule has 2 fully saturated rings. The Bertz CT molecular complexity index is 848. The number of hydrogen-bond donors (Lipinski definition) is 1. The number of carboxylic acid groups (broad SMARTS) is 1. The van der Waals surface area contributed by atoms with Crippen LogP contribution in [0.25, 0.3) is 0 Å². The van der Waals surface area contributed by atoms with E-state index < -0.39 is 5.97 Å². The van der Waals surface area contributed by atoms with Crippen molar-refractivity contribution in [1.29, 1.82) is 0 Å². The van der Waals surface area contributed by atoms with Crippen LogP contribution in [0.3, 0.4) is 0 Å². The van der Waals surface area contributed by atoms with Crippen LogP contribution < -0.4 is 0 Å². The molecule has 3 aliphatic rings. The Labute approximate surface area is 158 Å². The zero-order valence-electron chi connectivity index (χ0n) is 15.0. The lowest BCUT2D eigenvalue weighted by Crippen LogP contribution is -2.41. The van der Waals surface area contributed by atoms with Gasteiger partial charge in [0, 0.05) is 34.6 Å². The summed E-state index contributed by atoms with van der Waals surface area (Å²) >= 11 is 1.93. The van der Waals surface area contributed by atoms with Crippen molar-refractivity contribution in [3.8, 4) is 0 Å². The maximum absolute atomic E-state index is 11.7. The molecule has 2 saturated heterocycles. The summed E-state index contributed by atoms with van der Waals surface area (Å²) in [5.74, 6) is 0.172. The fourth-order valence-electron chi connectivity index (χ4n) is 6.00. The van der Waals surface area contributed by atoms with Crippen LogP contribution in [-0.2, 0) is 16.1 Å². The molecule has 0 aromatic heterocycles. The smallest absolute Gasteiger partial charge is 0.306 e. The van der Waals surface area contributed by atoms with Crippen molar-refractivity contribution in [2.75, 3.05) is 13.1 Å². The molecule has 4 atom stereocenters. The molecule has 2 aromatic rings. The number of carboxylic acids is 1. The first-order valence-corrected chi connectivity index (χ1v) is 10.5. The highest BCUT2D eigenvalue weighted by Gasteiger charge is 2.81. The van der Waals surface area contributed by atoms with Gasteiger partial charge in [-0.2, -0.15) is 0 Å². The molecule has 0 aliphatic carbocycles. The van der Waals surface area contributed by atoms with Crippen molar-refractivity contribution in [2.45, 2.75) is 42.0 Å². The first-order chi connectivity index (χ1) is 12.6. The van der Waals surface area contributed by atoms with Crippen LogP contribution in [0.4, 0.5) is 0 Å². The van der Waals surface area contributed by atoms with Crippen molar-refractivity contribution in [2.24, 2.45) is 5.92 Å². The van der Waals surface area contributed by atoms with Crippen LogP contribution in [-0.4, -0.2) is 34.7 Å². The molecule has 1 spiro atoms. The van der Waals surface area contributed by atoms with E-state index in [2.05, 4.69) is 55.5 Å². The SMILES string of the molecule is CC[N+]12CCC(C(=O)O)CC1[C@]21c2ccccc2CSc2ccccc21. The minimum absolute atomic E-state index is 0.0599. The van der Waals surface area contributed by atoms with Gasteiger partial charge in [0.15, 0.2) is 6.04 Å². The van der Waals surface area contributed by atoms with E-state index in [-0.39, 0.29) is 11.5 Å². The van der Waals surface area contributed by atoms with Gasteiger partial charge in [0.1, 0.15) is 0 Å². The van der Waals surface area contributed by atoms with Gasteiger partial charge >= 0.3 is 5.97 Å². The number of piperidine rings is 1. The normalized spacial score (nSPS) is 34.3. The highest BCUT2D eigenvalue weighted by atomic mass is 32.2. The van der Waals surface area contributed by atoms with Gasteiger partial charge in [-0.3, -0.25) is 9.28 Å². The fourth-order valence-corrected chi connectivity index (χ4v) is 7.11. The molecule has 26 heavy (non-hydrogen) atoms. The standard InChI is InChI=1S/C22H23NO2S/c1-2-23-12-11-15(21(24)25)13-20(23)22(23)17-8-4-3-7-16(17)14-26-19-10-6-5-9-18(19)22/h3-10,15,20H,2,11-14H2,1H3/p+1/t15?,20?,22-,23?/m1/s1. The number of aliphatic carboxylic acids is 1. The summed E-state index contributed by atoms with van der Waals surface area (Å²) in [4.78, 5) is 13.1. The molecule has 3 aliphatic heterocycles. The van der Waals surface area contributed by atoms with Crippen molar-refractivity contribution in [1.82, 2.24) is 0 Å². The van der Waals surface area contributed by atoms with Gasteiger partial charge in [0.05, 0.1) is 19.0 Å². The van der Waals surface area contributed by atoms with Crippen molar-refractivity contribution in [3.05, 3.63) is 65.2 Å². The average Bonchev–Trinajstić information content (AvgIpc) is 3.33. The Balaban J connectivity index is 1.77. The number of quaternary nitrogens is 1. The second-order valence-electron chi connectivity index (χ2n) is 7.86. The molecule has 4 heteroatoms. The minimum atomic E-state index is -0.620. The molecule has 3 heterocycles. The molecule has 0 saturated carbocycles. The molecular formula is C22H24NO2S+. The maximum Gasteiger partial charge on any atom is 0.306 e. The molecule has 3 unspecified atom stereocenters. The number of rotatable bonds is 2. The van der Waals surface area contributed by atoms with Crippen molar-refractivity contribution >= 4 is 17.7 Å². The topological polar surface area (TPSA) is 37.3 Å². The lowest BCUT2D eigenvalue weighted by molar-refractivity contribution is -0.845. The van der Waals surface area contributed by atoms with Gasteiger partial charge in [-0.05, 0) is 18.6 Å². The molecule has 0 amide bonds. The Hall–Kier alpha value is -1.78. The van der Waals surface area contributed by atoms with E-state index in [1.165, 1.54) is 21.6 Å². The molecule has 0 radical (unpaired) electrons. The predicted molar refractivity (Wildman–Crippen MR) is 103 cm³/mol. The van der Waals surface area contributed by atoms with Crippen LogP contribution >= 0.6 is 11.8 Å². The fraction of sp³-hybridized carbons (Fsp3) is 0.409. The third-order valence-corrected chi connectivity index (χ3v) is 8.24. The molecule has 2 aromatic carbocycles. The molecule has 5 rings (SSSR count). The monoisotopic (exact) mass is 366 g/mol. The summed E-state index contributed by atoms with van der Waals surface area (Å²) < 4.78 is 1.03. The summed E-state index contributed by atoms with van der Waals surface area (Å²) in [6.07, 6.45) is 1.58. The van der Waals surface area contributed by atoms with E-state index in [4.69, 9.17) is 0 Å². The van der Waals surface area contributed by atoms with Crippen LogP contribution in [0.2, 0.25) is 0 Å². The third-order valence-electron chi connectivity index (χ3n) is 7.12. The number of benzene rings is 2. The van der Waals surface area contributed by atoms with Crippen LogP contribution in [0.1, 0.15) is 36.5 Å². The number of nitrogens with zero attached hydrogens (tertiary/aromatic N) is 1. The van der Waals surface area contributed by atoms with E-state index in [9.17, 15) is 9.90 Å². The molecule has 1 N–H and O–H groups in total. The highest BCUT2D eigenvalue weighted by Crippen LogP contribution is 2.68. The van der Waals surface area contributed by atoms with Crippen LogP contribution in [0, 0.1) is 5.92 Å². The second kappa shape index (κ2) is 5.61. The first-order valence-electron chi connectivity index (χ1n) is 9.55. The zero-order chi connectivity index (χ0) is 17.9. The minimum Gasteiger partial charge on any atom is -0.481 e. The Kier molecular flexibility index (Phi) is 3.54. The van der Waals surface area contributed by atoms with E-state index in [1.54, 1.807) is 0 Å². The second-order valence-corrected chi connectivity index (χ2v) is 8.87.